The molecule has 0 N–H and O–H groups in total. The van der Waals surface area contributed by atoms with Crippen LogP contribution in [0.25, 0.3) is 5.65 Å². The average molecular weight is 229 g/mol. The Hall–Kier alpha value is -1.35. The standard InChI is InChI=1S/C14H19N3/c1-12-4-5-14-15-13(11-17(14)10-12)6-9-16-7-2-3-8-16/h4-5,10-11H,2-3,6-9H2,1H3. The Labute approximate surface area is 102 Å². The number of hydrogen-bond acceptors (Lipinski definition) is 2. The van der Waals surface area contributed by atoms with Gasteiger partial charge in [-0.2, -0.15) is 0 Å². The lowest BCUT2D eigenvalue weighted by Crippen LogP contribution is -2.21. The van der Waals surface area contributed by atoms with Crippen LogP contribution in [0.1, 0.15) is 24.1 Å². The Morgan fingerprint density at radius 3 is 2.82 bits per heavy atom. The first-order chi connectivity index (χ1) is 8.31. The summed E-state index contributed by atoms with van der Waals surface area (Å²) >= 11 is 0. The number of hydrogen-bond donors (Lipinski definition) is 0. The molecule has 90 valence electrons. The predicted molar refractivity (Wildman–Crippen MR) is 69.3 cm³/mol. The maximum Gasteiger partial charge on any atom is 0.136 e. The van der Waals surface area contributed by atoms with Crippen LogP contribution in [0.2, 0.25) is 0 Å². The number of fused-ring (bicyclic) bond motifs is 1. The molecule has 17 heavy (non-hydrogen) atoms. The molecule has 2 aromatic heterocycles. The van der Waals surface area contributed by atoms with Crippen molar-refractivity contribution in [3.05, 3.63) is 35.8 Å². The summed E-state index contributed by atoms with van der Waals surface area (Å²) in [6.07, 6.45) is 8.11. The summed E-state index contributed by atoms with van der Waals surface area (Å²) in [5.41, 5.74) is 3.55. The van der Waals surface area contributed by atoms with Crippen LogP contribution >= 0.6 is 0 Å². The van der Waals surface area contributed by atoms with Crippen LogP contribution in [0.15, 0.2) is 24.5 Å². The first-order valence-corrected chi connectivity index (χ1v) is 6.48. The van der Waals surface area contributed by atoms with Gasteiger partial charge in [0.25, 0.3) is 0 Å². The molecule has 3 heterocycles. The van der Waals surface area contributed by atoms with E-state index in [1.165, 1.54) is 37.2 Å². The van der Waals surface area contributed by atoms with Crippen molar-refractivity contribution in [3.63, 3.8) is 0 Å². The summed E-state index contributed by atoms with van der Waals surface area (Å²) in [7, 11) is 0. The van der Waals surface area contributed by atoms with Crippen molar-refractivity contribution in [3.8, 4) is 0 Å². The third kappa shape index (κ3) is 2.34. The highest BCUT2D eigenvalue weighted by molar-refractivity contribution is 5.41. The molecule has 2 aromatic rings. The van der Waals surface area contributed by atoms with Gasteiger partial charge in [0, 0.05) is 25.4 Å². The molecule has 0 aliphatic carbocycles. The molecule has 0 saturated carbocycles. The van der Waals surface area contributed by atoms with Crippen molar-refractivity contribution < 1.29 is 0 Å². The van der Waals surface area contributed by atoms with Crippen molar-refractivity contribution in [2.45, 2.75) is 26.2 Å². The summed E-state index contributed by atoms with van der Waals surface area (Å²) in [6.45, 7) is 5.81. The van der Waals surface area contributed by atoms with E-state index in [0.29, 0.717) is 0 Å². The second-order valence-electron chi connectivity index (χ2n) is 5.00. The summed E-state index contributed by atoms with van der Waals surface area (Å²) in [4.78, 5) is 7.19. The Morgan fingerprint density at radius 1 is 1.18 bits per heavy atom. The Bertz CT molecular complexity index is 509. The molecule has 0 atom stereocenters. The zero-order valence-electron chi connectivity index (χ0n) is 10.4. The predicted octanol–water partition coefficient (Wildman–Crippen LogP) is 2.28. The van der Waals surface area contributed by atoms with Crippen molar-refractivity contribution in [1.82, 2.24) is 14.3 Å². The van der Waals surface area contributed by atoms with Gasteiger partial charge in [-0.1, -0.05) is 6.07 Å². The number of imidazole rings is 1. The van der Waals surface area contributed by atoms with Gasteiger partial charge in [-0.3, -0.25) is 0 Å². The molecule has 1 aliphatic rings. The van der Waals surface area contributed by atoms with E-state index in [4.69, 9.17) is 0 Å². The zero-order valence-corrected chi connectivity index (χ0v) is 10.4. The monoisotopic (exact) mass is 229 g/mol. The lowest BCUT2D eigenvalue weighted by atomic mass is 10.3. The van der Waals surface area contributed by atoms with Gasteiger partial charge in [-0.05, 0) is 44.5 Å². The number of aryl methyl sites for hydroxylation is 1. The van der Waals surface area contributed by atoms with Crippen molar-refractivity contribution in [2.75, 3.05) is 19.6 Å². The van der Waals surface area contributed by atoms with E-state index in [1.54, 1.807) is 0 Å². The van der Waals surface area contributed by atoms with Gasteiger partial charge >= 0.3 is 0 Å². The number of aromatic nitrogens is 2. The fourth-order valence-electron chi connectivity index (χ4n) is 2.55. The van der Waals surface area contributed by atoms with E-state index in [0.717, 1.165) is 18.6 Å². The van der Waals surface area contributed by atoms with Gasteiger partial charge in [0.2, 0.25) is 0 Å². The van der Waals surface area contributed by atoms with Gasteiger partial charge < -0.3 is 9.30 Å². The molecular weight excluding hydrogens is 210 g/mol. The molecular formula is C14H19N3. The Balaban J connectivity index is 1.72. The first kappa shape index (κ1) is 10.8. The van der Waals surface area contributed by atoms with Gasteiger partial charge in [-0.25, -0.2) is 4.98 Å². The Morgan fingerprint density at radius 2 is 2.00 bits per heavy atom. The lowest BCUT2D eigenvalue weighted by molar-refractivity contribution is 0.342. The maximum absolute atomic E-state index is 4.65. The summed E-state index contributed by atoms with van der Waals surface area (Å²) < 4.78 is 2.13. The van der Waals surface area contributed by atoms with Crippen LogP contribution in [0.5, 0.6) is 0 Å². The summed E-state index contributed by atoms with van der Waals surface area (Å²) in [5.74, 6) is 0. The highest BCUT2D eigenvalue weighted by Crippen LogP contribution is 2.11. The third-order valence-electron chi connectivity index (χ3n) is 3.53. The van der Waals surface area contributed by atoms with Crippen LogP contribution in [0, 0.1) is 6.92 Å². The Kier molecular flexibility index (Phi) is 2.85. The minimum atomic E-state index is 1.06. The highest BCUT2D eigenvalue weighted by atomic mass is 15.1. The van der Waals surface area contributed by atoms with Gasteiger partial charge in [0.1, 0.15) is 5.65 Å². The molecule has 3 nitrogen and oxygen atoms in total. The minimum Gasteiger partial charge on any atom is -0.307 e. The third-order valence-corrected chi connectivity index (χ3v) is 3.53. The van der Waals surface area contributed by atoms with Crippen molar-refractivity contribution in [1.29, 1.82) is 0 Å². The van der Waals surface area contributed by atoms with Gasteiger partial charge in [0.05, 0.1) is 5.69 Å². The van der Waals surface area contributed by atoms with Crippen molar-refractivity contribution >= 4 is 5.65 Å². The topological polar surface area (TPSA) is 20.5 Å². The number of pyridine rings is 1. The molecule has 0 bridgehead atoms. The van der Waals surface area contributed by atoms with Gasteiger partial charge in [0.15, 0.2) is 0 Å². The fourth-order valence-corrected chi connectivity index (χ4v) is 2.55. The quantitative estimate of drug-likeness (QED) is 0.805. The zero-order chi connectivity index (χ0) is 11.7. The van der Waals surface area contributed by atoms with Crippen LogP contribution in [0.3, 0.4) is 0 Å². The van der Waals surface area contributed by atoms with E-state index < -0.39 is 0 Å². The smallest absolute Gasteiger partial charge is 0.136 e. The lowest BCUT2D eigenvalue weighted by Gasteiger charge is -2.12. The van der Waals surface area contributed by atoms with Crippen LogP contribution in [-0.2, 0) is 6.42 Å². The van der Waals surface area contributed by atoms with Crippen LogP contribution < -0.4 is 0 Å². The van der Waals surface area contributed by atoms with Gasteiger partial charge in [-0.15, -0.1) is 0 Å². The maximum atomic E-state index is 4.65. The highest BCUT2D eigenvalue weighted by Gasteiger charge is 2.11. The number of rotatable bonds is 3. The fraction of sp³-hybridized carbons (Fsp3) is 0.500. The molecule has 3 heteroatoms. The van der Waals surface area contributed by atoms with E-state index in [-0.39, 0.29) is 0 Å². The van der Waals surface area contributed by atoms with Crippen LogP contribution in [-0.4, -0.2) is 33.9 Å². The molecule has 1 fully saturated rings. The SMILES string of the molecule is Cc1ccc2nc(CCN3CCCC3)cn2c1. The molecule has 0 unspecified atom stereocenters. The molecule has 0 amide bonds. The second kappa shape index (κ2) is 4.49. The largest absolute Gasteiger partial charge is 0.307 e. The molecule has 0 radical (unpaired) electrons. The van der Waals surface area contributed by atoms with Crippen LogP contribution in [0.4, 0.5) is 0 Å². The van der Waals surface area contributed by atoms with E-state index >= 15 is 0 Å². The molecule has 1 aliphatic heterocycles. The number of likely N-dealkylation sites (tertiary alicyclic amines) is 1. The van der Waals surface area contributed by atoms with E-state index in [2.05, 4.69) is 45.7 Å². The second-order valence-corrected chi connectivity index (χ2v) is 5.00. The molecule has 3 rings (SSSR count). The first-order valence-electron chi connectivity index (χ1n) is 6.48. The molecule has 0 aromatic carbocycles. The summed E-state index contributed by atoms with van der Waals surface area (Å²) in [6, 6.07) is 4.21. The number of nitrogens with zero attached hydrogens (tertiary/aromatic N) is 3. The molecule has 1 saturated heterocycles. The van der Waals surface area contributed by atoms with Crippen molar-refractivity contribution in [2.24, 2.45) is 0 Å². The minimum absolute atomic E-state index is 1.06. The average Bonchev–Trinajstić information content (AvgIpc) is 2.94. The normalized spacial score (nSPS) is 17.0. The summed E-state index contributed by atoms with van der Waals surface area (Å²) in [5, 5.41) is 0. The van der Waals surface area contributed by atoms with E-state index in [1.807, 2.05) is 0 Å². The van der Waals surface area contributed by atoms with E-state index in [9.17, 15) is 0 Å². The molecule has 0 spiro atoms.